The van der Waals surface area contributed by atoms with Crippen LogP contribution in [0, 0.1) is 5.41 Å². The Morgan fingerprint density at radius 1 is 1.03 bits per heavy atom. The Labute approximate surface area is 173 Å². The normalized spacial score (nSPS) is 17.9. The van der Waals surface area contributed by atoms with Gasteiger partial charge in [0, 0.05) is 12.6 Å². The summed E-state index contributed by atoms with van der Waals surface area (Å²) in [6, 6.07) is 7.78. The number of hydrogen-bond acceptors (Lipinski definition) is 4. The third-order valence-electron chi connectivity index (χ3n) is 5.87. The molecular formula is C23H35NO5. The quantitative estimate of drug-likeness (QED) is 0.309. The molecule has 1 saturated carbocycles. The monoisotopic (exact) mass is 405 g/mol. The Balaban J connectivity index is 1.65. The first kappa shape index (κ1) is 23.2. The van der Waals surface area contributed by atoms with Crippen molar-refractivity contribution < 1.29 is 24.5 Å². The standard InChI is InChI=1S/C23H35NO5/c1-2-3-4-5-6-7-8-15-29-20-11-9-18(10-12-20)17-24-19-13-14-23(16-19,21(25)26)22(27)28/h9-12,19,24H,2-8,13-17H2,1H3,(H,25,26)(H,27,28). The van der Waals surface area contributed by atoms with E-state index in [2.05, 4.69) is 12.2 Å². The van der Waals surface area contributed by atoms with Crippen molar-refractivity contribution in [3.8, 4) is 5.75 Å². The van der Waals surface area contributed by atoms with Crippen molar-refractivity contribution in [3.63, 3.8) is 0 Å². The molecular weight excluding hydrogens is 370 g/mol. The molecule has 0 spiro atoms. The molecule has 29 heavy (non-hydrogen) atoms. The van der Waals surface area contributed by atoms with Gasteiger partial charge in [0.2, 0.25) is 0 Å². The van der Waals surface area contributed by atoms with Crippen LogP contribution in [0.15, 0.2) is 24.3 Å². The fourth-order valence-electron chi connectivity index (χ4n) is 3.91. The lowest BCUT2D eigenvalue weighted by molar-refractivity contribution is -0.164. The number of carboxylic acids is 2. The van der Waals surface area contributed by atoms with E-state index in [4.69, 9.17) is 4.74 Å². The van der Waals surface area contributed by atoms with E-state index in [1.165, 1.54) is 38.5 Å². The molecule has 6 heteroatoms. The molecule has 1 fully saturated rings. The van der Waals surface area contributed by atoms with E-state index in [9.17, 15) is 19.8 Å². The van der Waals surface area contributed by atoms with E-state index in [0.717, 1.165) is 24.3 Å². The van der Waals surface area contributed by atoms with Crippen LogP contribution in [0.25, 0.3) is 0 Å². The fraction of sp³-hybridized carbons (Fsp3) is 0.652. The van der Waals surface area contributed by atoms with Gasteiger partial charge in [0.1, 0.15) is 5.75 Å². The number of rotatable bonds is 14. The number of unbranched alkanes of at least 4 members (excludes halogenated alkanes) is 6. The van der Waals surface area contributed by atoms with Crippen LogP contribution in [0.3, 0.4) is 0 Å². The molecule has 0 heterocycles. The highest BCUT2D eigenvalue weighted by Crippen LogP contribution is 2.39. The Hall–Kier alpha value is -2.08. The van der Waals surface area contributed by atoms with Crippen LogP contribution in [-0.2, 0) is 16.1 Å². The molecule has 0 bridgehead atoms. The number of benzene rings is 1. The van der Waals surface area contributed by atoms with Gasteiger partial charge < -0.3 is 20.3 Å². The van der Waals surface area contributed by atoms with Gasteiger partial charge in [-0.3, -0.25) is 9.59 Å². The number of aliphatic carboxylic acids is 2. The van der Waals surface area contributed by atoms with Gasteiger partial charge in [-0.2, -0.15) is 0 Å². The number of nitrogens with one attached hydrogen (secondary N) is 1. The summed E-state index contributed by atoms with van der Waals surface area (Å²) in [6.45, 7) is 3.55. The maximum Gasteiger partial charge on any atom is 0.321 e. The highest BCUT2D eigenvalue weighted by Gasteiger charge is 2.51. The second kappa shape index (κ2) is 11.8. The summed E-state index contributed by atoms with van der Waals surface area (Å²) >= 11 is 0. The topological polar surface area (TPSA) is 95.9 Å². The van der Waals surface area contributed by atoms with E-state index in [1.807, 2.05) is 24.3 Å². The predicted molar refractivity (Wildman–Crippen MR) is 112 cm³/mol. The Kier molecular flexibility index (Phi) is 9.45. The zero-order valence-electron chi connectivity index (χ0n) is 17.5. The lowest BCUT2D eigenvalue weighted by atomic mass is 9.86. The molecule has 1 aliphatic carbocycles. The van der Waals surface area contributed by atoms with Crippen molar-refractivity contribution in [3.05, 3.63) is 29.8 Å². The first-order valence-electron chi connectivity index (χ1n) is 10.9. The molecule has 1 aliphatic rings. The van der Waals surface area contributed by atoms with Gasteiger partial charge in [-0.05, 0) is 43.4 Å². The molecule has 162 valence electrons. The van der Waals surface area contributed by atoms with Gasteiger partial charge in [0.05, 0.1) is 6.61 Å². The molecule has 1 atom stereocenters. The summed E-state index contributed by atoms with van der Waals surface area (Å²) < 4.78 is 5.80. The maximum atomic E-state index is 11.4. The summed E-state index contributed by atoms with van der Waals surface area (Å²) in [5.41, 5.74) is -0.581. The molecule has 0 aliphatic heterocycles. The largest absolute Gasteiger partial charge is 0.494 e. The van der Waals surface area contributed by atoms with E-state index in [1.54, 1.807) is 0 Å². The van der Waals surface area contributed by atoms with Gasteiger partial charge in [-0.1, -0.05) is 57.6 Å². The fourth-order valence-corrected chi connectivity index (χ4v) is 3.91. The third-order valence-corrected chi connectivity index (χ3v) is 5.87. The summed E-state index contributed by atoms with van der Waals surface area (Å²) in [4.78, 5) is 22.8. The van der Waals surface area contributed by atoms with E-state index in [-0.39, 0.29) is 18.9 Å². The van der Waals surface area contributed by atoms with Crippen LogP contribution in [0.2, 0.25) is 0 Å². The van der Waals surface area contributed by atoms with Crippen LogP contribution >= 0.6 is 0 Å². The smallest absolute Gasteiger partial charge is 0.321 e. The number of hydrogen-bond donors (Lipinski definition) is 3. The molecule has 0 saturated heterocycles. The summed E-state index contributed by atoms with van der Waals surface area (Å²) in [5.74, 6) is -1.62. The van der Waals surface area contributed by atoms with E-state index in [0.29, 0.717) is 13.0 Å². The Morgan fingerprint density at radius 3 is 2.24 bits per heavy atom. The minimum Gasteiger partial charge on any atom is -0.494 e. The SMILES string of the molecule is CCCCCCCCCOc1ccc(CNC2CCC(C(=O)O)(C(=O)O)C2)cc1. The van der Waals surface area contributed by atoms with Crippen LogP contribution in [0.4, 0.5) is 0 Å². The molecule has 1 unspecified atom stereocenters. The van der Waals surface area contributed by atoms with Gasteiger partial charge >= 0.3 is 11.9 Å². The van der Waals surface area contributed by atoms with Gasteiger partial charge in [0.25, 0.3) is 0 Å². The van der Waals surface area contributed by atoms with Crippen LogP contribution in [0.5, 0.6) is 5.75 Å². The van der Waals surface area contributed by atoms with Gasteiger partial charge in [-0.15, -0.1) is 0 Å². The van der Waals surface area contributed by atoms with Crippen molar-refractivity contribution in [1.29, 1.82) is 0 Å². The molecule has 1 aromatic carbocycles. The highest BCUT2D eigenvalue weighted by atomic mass is 16.5. The van der Waals surface area contributed by atoms with Crippen LogP contribution in [0.1, 0.15) is 76.7 Å². The minimum absolute atomic E-state index is 0.101. The number of carboxylic acid groups (broad SMARTS) is 2. The average molecular weight is 406 g/mol. The number of carbonyl (C=O) groups is 2. The predicted octanol–water partition coefficient (Wildman–Crippen LogP) is 4.61. The molecule has 3 N–H and O–H groups in total. The lowest BCUT2D eigenvalue weighted by Crippen LogP contribution is -2.39. The van der Waals surface area contributed by atoms with Crippen molar-refractivity contribution in [2.24, 2.45) is 5.41 Å². The zero-order valence-corrected chi connectivity index (χ0v) is 17.5. The van der Waals surface area contributed by atoms with Crippen molar-refractivity contribution in [1.82, 2.24) is 5.32 Å². The molecule has 1 aromatic rings. The van der Waals surface area contributed by atoms with Crippen LogP contribution in [-0.4, -0.2) is 34.8 Å². The van der Waals surface area contributed by atoms with Crippen molar-refractivity contribution >= 4 is 11.9 Å². The molecule has 2 rings (SSSR count). The first-order valence-corrected chi connectivity index (χ1v) is 10.9. The molecule has 0 aromatic heterocycles. The van der Waals surface area contributed by atoms with E-state index < -0.39 is 17.4 Å². The first-order chi connectivity index (χ1) is 14.0. The third kappa shape index (κ3) is 7.03. The Bertz CT molecular complexity index is 629. The molecule has 0 radical (unpaired) electrons. The zero-order chi connectivity index (χ0) is 21.1. The average Bonchev–Trinajstić information content (AvgIpc) is 3.15. The summed E-state index contributed by atoms with van der Waals surface area (Å²) in [7, 11) is 0. The van der Waals surface area contributed by atoms with Crippen molar-refractivity contribution in [2.45, 2.75) is 83.7 Å². The minimum atomic E-state index is -1.65. The highest BCUT2D eigenvalue weighted by molar-refractivity contribution is 5.98. The van der Waals surface area contributed by atoms with E-state index >= 15 is 0 Å². The second-order valence-electron chi connectivity index (χ2n) is 8.13. The van der Waals surface area contributed by atoms with Gasteiger partial charge in [-0.25, -0.2) is 0 Å². The molecule has 0 amide bonds. The number of ether oxygens (including phenoxy) is 1. The lowest BCUT2D eigenvalue weighted by Gasteiger charge is -2.19. The summed E-state index contributed by atoms with van der Waals surface area (Å²) in [5, 5.41) is 21.9. The summed E-state index contributed by atoms with van der Waals surface area (Å²) in [6.07, 6.45) is 9.67. The molecule has 6 nitrogen and oxygen atoms in total. The van der Waals surface area contributed by atoms with Crippen LogP contribution < -0.4 is 10.1 Å². The second-order valence-corrected chi connectivity index (χ2v) is 8.13. The van der Waals surface area contributed by atoms with Crippen molar-refractivity contribution in [2.75, 3.05) is 6.61 Å². The Morgan fingerprint density at radius 2 is 1.66 bits per heavy atom. The maximum absolute atomic E-state index is 11.4. The van der Waals surface area contributed by atoms with Gasteiger partial charge in [0.15, 0.2) is 5.41 Å².